The number of halogens is 1. The molecule has 6 heteroatoms. The van der Waals surface area contributed by atoms with Crippen LogP contribution >= 0.6 is 0 Å². The Morgan fingerprint density at radius 2 is 2.20 bits per heavy atom. The van der Waals surface area contributed by atoms with Crippen molar-refractivity contribution >= 4 is 17.5 Å². The van der Waals surface area contributed by atoms with Gasteiger partial charge in [-0.2, -0.15) is 0 Å². The van der Waals surface area contributed by atoms with E-state index in [1.807, 2.05) is 6.92 Å². The highest BCUT2D eigenvalue weighted by Gasteiger charge is 2.38. The fourth-order valence-electron chi connectivity index (χ4n) is 2.23. The van der Waals surface area contributed by atoms with Crippen molar-refractivity contribution in [1.82, 2.24) is 4.90 Å². The first-order valence-electron chi connectivity index (χ1n) is 6.51. The van der Waals surface area contributed by atoms with Crippen LogP contribution in [0.15, 0.2) is 18.2 Å². The van der Waals surface area contributed by atoms with E-state index in [0.717, 1.165) is 6.42 Å². The monoisotopic (exact) mass is 280 g/mol. The zero-order valence-corrected chi connectivity index (χ0v) is 11.5. The molecule has 1 saturated heterocycles. The number of amides is 2. The van der Waals surface area contributed by atoms with Gasteiger partial charge in [-0.25, -0.2) is 4.39 Å². The quantitative estimate of drug-likeness (QED) is 0.835. The number of carbonyl (C=O) groups is 2. The summed E-state index contributed by atoms with van der Waals surface area (Å²) in [7, 11) is 1.42. The molecule has 108 valence electrons. The molecule has 2 rings (SSSR count). The number of nitrogens with zero attached hydrogens (tertiary/aromatic N) is 1. The van der Waals surface area contributed by atoms with E-state index in [2.05, 4.69) is 5.32 Å². The van der Waals surface area contributed by atoms with Gasteiger partial charge in [0, 0.05) is 12.6 Å². The highest BCUT2D eigenvalue weighted by Crippen LogP contribution is 2.27. The van der Waals surface area contributed by atoms with Gasteiger partial charge in [0.05, 0.1) is 19.2 Å². The SMILES string of the molecule is CCCN1C(=O)CC(Nc2ccc(F)cc2OC)C1=O. The number of ether oxygens (including phenoxy) is 1. The number of hydrogen-bond acceptors (Lipinski definition) is 4. The van der Waals surface area contributed by atoms with Gasteiger partial charge in [-0.1, -0.05) is 6.92 Å². The predicted molar refractivity (Wildman–Crippen MR) is 72.0 cm³/mol. The Balaban J connectivity index is 2.15. The van der Waals surface area contributed by atoms with Crippen molar-refractivity contribution in [3.63, 3.8) is 0 Å². The number of rotatable bonds is 5. The Morgan fingerprint density at radius 3 is 2.85 bits per heavy atom. The lowest BCUT2D eigenvalue weighted by Crippen LogP contribution is -2.35. The van der Waals surface area contributed by atoms with E-state index < -0.39 is 11.9 Å². The molecular weight excluding hydrogens is 263 g/mol. The van der Waals surface area contributed by atoms with Crippen LogP contribution in [0.1, 0.15) is 19.8 Å². The molecular formula is C14H17FN2O3. The number of carbonyl (C=O) groups excluding carboxylic acids is 2. The van der Waals surface area contributed by atoms with Crippen molar-refractivity contribution in [3.05, 3.63) is 24.0 Å². The number of anilines is 1. The molecule has 1 aromatic rings. The van der Waals surface area contributed by atoms with Gasteiger partial charge in [-0.15, -0.1) is 0 Å². The van der Waals surface area contributed by atoms with Crippen molar-refractivity contribution in [2.24, 2.45) is 0 Å². The lowest BCUT2D eigenvalue weighted by molar-refractivity contribution is -0.138. The third-order valence-corrected chi connectivity index (χ3v) is 3.18. The van der Waals surface area contributed by atoms with E-state index in [-0.39, 0.29) is 18.2 Å². The number of methoxy groups -OCH3 is 1. The van der Waals surface area contributed by atoms with Crippen LogP contribution in [-0.2, 0) is 9.59 Å². The second kappa shape index (κ2) is 5.90. The molecule has 0 aliphatic carbocycles. The summed E-state index contributed by atoms with van der Waals surface area (Å²) in [4.78, 5) is 25.1. The van der Waals surface area contributed by atoms with Crippen LogP contribution in [-0.4, -0.2) is 36.4 Å². The maximum atomic E-state index is 13.1. The van der Waals surface area contributed by atoms with Crippen LogP contribution in [0.2, 0.25) is 0 Å². The highest BCUT2D eigenvalue weighted by atomic mass is 19.1. The summed E-state index contributed by atoms with van der Waals surface area (Å²) in [6.45, 7) is 2.33. The molecule has 0 radical (unpaired) electrons. The predicted octanol–water partition coefficient (Wildman–Crippen LogP) is 1.78. The number of benzene rings is 1. The molecule has 1 heterocycles. The Hall–Kier alpha value is -2.11. The molecule has 1 unspecified atom stereocenters. The van der Waals surface area contributed by atoms with Gasteiger partial charge in [0.1, 0.15) is 17.6 Å². The van der Waals surface area contributed by atoms with Crippen LogP contribution in [0.3, 0.4) is 0 Å². The molecule has 2 amide bonds. The number of nitrogens with one attached hydrogen (secondary N) is 1. The molecule has 0 spiro atoms. The van der Waals surface area contributed by atoms with Crippen molar-refractivity contribution in [1.29, 1.82) is 0 Å². The average Bonchev–Trinajstić information content (AvgIpc) is 2.69. The van der Waals surface area contributed by atoms with Crippen LogP contribution in [0.5, 0.6) is 5.75 Å². The minimum Gasteiger partial charge on any atom is -0.494 e. The minimum atomic E-state index is -0.617. The molecule has 1 aromatic carbocycles. The molecule has 1 atom stereocenters. The smallest absolute Gasteiger partial charge is 0.252 e. The van der Waals surface area contributed by atoms with E-state index >= 15 is 0 Å². The Bertz CT molecular complexity index is 533. The summed E-state index contributed by atoms with van der Waals surface area (Å²) >= 11 is 0. The van der Waals surface area contributed by atoms with Crippen molar-refractivity contribution in [3.8, 4) is 5.75 Å². The van der Waals surface area contributed by atoms with Crippen LogP contribution < -0.4 is 10.1 Å². The summed E-state index contributed by atoms with van der Waals surface area (Å²) in [6.07, 6.45) is 0.837. The van der Waals surface area contributed by atoms with E-state index in [1.54, 1.807) is 0 Å². The van der Waals surface area contributed by atoms with Crippen molar-refractivity contribution < 1.29 is 18.7 Å². The summed E-state index contributed by atoms with van der Waals surface area (Å²) < 4.78 is 18.2. The molecule has 20 heavy (non-hydrogen) atoms. The van der Waals surface area contributed by atoms with E-state index in [0.29, 0.717) is 18.0 Å². The molecule has 0 aromatic heterocycles. The number of imide groups is 1. The second-order valence-corrected chi connectivity index (χ2v) is 4.63. The first-order valence-corrected chi connectivity index (χ1v) is 6.51. The van der Waals surface area contributed by atoms with Gasteiger partial charge in [0.2, 0.25) is 5.91 Å². The lowest BCUT2D eigenvalue weighted by Gasteiger charge is -2.16. The molecule has 1 aliphatic heterocycles. The van der Waals surface area contributed by atoms with Gasteiger partial charge >= 0.3 is 0 Å². The van der Waals surface area contributed by atoms with E-state index in [1.165, 1.54) is 30.2 Å². The van der Waals surface area contributed by atoms with Crippen molar-refractivity contribution in [2.45, 2.75) is 25.8 Å². The maximum Gasteiger partial charge on any atom is 0.252 e. The first kappa shape index (κ1) is 14.3. The van der Waals surface area contributed by atoms with Gasteiger partial charge in [-0.3, -0.25) is 14.5 Å². The average molecular weight is 280 g/mol. The van der Waals surface area contributed by atoms with E-state index in [4.69, 9.17) is 4.74 Å². The molecule has 0 saturated carbocycles. The maximum absolute atomic E-state index is 13.1. The first-order chi connectivity index (χ1) is 9.56. The third-order valence-electron chi connectivity index (χ3n) is 3.18. The van der Waals surface area contributed by atoms with Crippen LogP contribution in [0.4, 0.5) is 10.1 Å². The van der Waals surface area contributed by atoms with Crippen LogP contribution in [0, 0.1) is 5.82 Å². The Morgan fingerprint density at radius 1 is 1.45 bits per heavy atom. The molecule has 5 nitrogen and oxygen atoms in total. The van der Waals surface area contributed by atoms with Crippen molar-refractivity contribution in [2.75, 3.05) is 19.0 Å². The fourth-order valence-corrected chi connectivity index (χ4v) is 2.23. The van der Waals surface area contributed by atoms with Gasteiger partial charge in [-0.05, 0) is 18.6 Å². The van der Waals surface area contributed by atoms with Crippen LogP contribution in [0.25, 0.3) is 0 Å². The van der Waals surface area contributed by atoms with E-state index in [9.17, 15) is 14.0 Å². The van der Waals surface area contributed by atoms with Gasteiger partial charge in [0.15, 0.2) is 0 Å². The third kappa shape index (κ3) is 2.74. The fraction of sp³-hybridized carbons (Fsp3) is 0.429. The summed E-state index contributed by atoms with van der Waals surface area (Å²) in [5, 5.41) is 2.95. The zero-order valence-electron chi connectivity index (χ0n) is 11.5. The molecule has 1 fully saturated rings. The highest BCUT2D eigenvalue weighted by molar-refractivity contribution is 6.06. The largest absolute Gasteiger partial charge is 0.494 e. The minimum absolute atomic E-state index is 0.110. The number of likely N-dealkylation sites (tertiary alicyclic amines) is 1. The lowest BCUT2D eigenvalue weighted by atomic mass is 10.2. The molecule has 1 N–H and O–H groups in total. The summed E-state index contributed by atoms with van der Waals surface area (Å²) in [5.41, 5.74) is 0.499. The molecule has 0 bridgehead atoms. The molecule has 1 aliphatic rings. The Labute approximate surface area is 116 Å². The topological polar surface area (TPSA) is 58.6 Å². The number of hydrogen-bond donors (Lipinski definition) is 1. The second-order valence-electron chi connectivity index (χ2n) is 4.63. The summed E-state index contributed by atoms with van der Waals surface area (Å²) in [6, 6.07) is 3.38. The zero-order chi connectivity index (χ0) is 14.7. The standard InChI is InChI=1S/C14H17FN2O3/c1-3-6-17-13(18)8-11(14(17)19)16-10-5-4-9(15)7-12(10)20-2/h4-5,7,11,16H,3,6,8H2,1-2H3. The Kier molecular flexibility index (Phi) is 4.22. The normalized spacial score (nSPS) is 18.6. The summed E-state index contributed by atoms with van der Waals surface area (Å²) in [5.74, 6) is -0.549. The van der Waals surface area contributed by atoms with Gasteiger partial charge in [0.25, 0.3) is 5.91 Å². The van der Waals surface area contributed by atoms with Gasteiger partial charge < -0.3 is 10.1 Å².